The minimum Gasteiger partial charge on any atom is -0.478 e. The Kier molecular flexibility index (Phi) is 9.95. The van der Waals surface area contributed by atoms with E-state index in [1.807, 2.05) is 53.7 Å². The molecule has 0 aromatic heterocycles. The maximum atomic E-state index is 12.7. The van der Waals surface area contributed by atoms with E-state index in [2.05, 4.69) is 22.8 Å². The third kappa shape index (κ3) is 7.74. The molecule has 0 bridgehead atoms. The molecule has 5 aromatic rings. The molecule has 0 saturated heterocycles. The van der Waals surface area contributed by atoms with Crippen molar-refractivity contribution in [1.82, 2.24) is 0 Å². The number of hydrogen-bond donors (Lipinski definition) is 5. The highest BCUT2D eigenvalue weighted by Crippen LogP contribution is 2.39. The fraction of sp³-hybridized carbons (Fsp3) is 0.184. The number of aryl methyl sites for hydroxylation is 6. The van der Waals surface area contributed by atoms with Crippen LogP contribution in [-0.2, 0) is 20.2 Å². The average molecular weight is 715 g/mol. The molecular formula is C38H38N2O8S2. The summed E-state index contributed by atoms with van der Waals surface area (Å²) in [6.07, 6.45) is 0. The highest BCUT2D eigenvalue weighted by Gasteiger charge is 2.29. The highest BCUT2D eigenvalue weighted by molar-refractivity contribution is 7.86. The van der Waals surface area contributed by atoms with E-state index < -0.39 is 41.9 Å². The maximum absolute atomic E-state index is 12.7. The van der Waals surface area contributed by atoms with Crippen molar-refractivity contribution in [3.05, 3.63) is 141 Å². The van der Waals surface area contributed by atoms with Gasteiger partial charge in [-0.25, -0.2) is 4.79 Å². The van der Waals surface area contributed by atoms with Crippen molar-refractivity contribution in [2.45, 2.75) is 57.3 Å². The van der Waals surface area contributed by atoms with Crippen molar-refractivity contribution < 1.29 is 35.8 Å². The van der Waals surface area contributed by atoms with Crippen LogP contribution in [0, 0.1) is 41.5 Å². The molecule has 0 aliphatic rings. The standard InChI is InChI=1S/C38H38N2O8S2/c1-21-15-23(3)36(24(4)16-21)39-29-10-7-27(8-11-29)35(31-13-12-30(49(43,44)45)20-34(31)50(46,47)48)28-9-14-33(32(19-28)38(41)42)40-37-25(5)17-22(2)18-26(37)6/h7-20,35,39-40H,1-6H3,(H,41,42)(H,43,44,45)(H,46,47,48). The number of anilines is 4. The first-order valence-electron chi connectivity index (χ1n) is 15.6. The number of carboxylic acids is 1. The lowest BCUT2D eigenvalue weighted by Crippen LogP contribution is -2.13. The van der Waals surface area contributed by atoms with Crippen LogP contribution in [0.3, 0.4) is 0 Å². The normalized spacial score (nSPS) is 12.4. The van der Waals surface area contributed by atoms with E-state index >= 15 is 0 Å². The highest BCUT2D eigenvalue weighted by atomic mass is 32.2. The van der Waals surface area contributed by atoms with Gasteiger partial charge in [-0.3, -0.25) is 9.11 Å². The number of aromatic carboxylic acids is 1. The monoisotopic (exact) mass is 714 g/mol. The van der Waals surface area contributed by atoms with Crippen LogP contribution in [0.2, 0.25) is 0 Å². The first-order chi connectivity index (χ1) is 23.3. The second-order valence-corrected chi connectivity index (χ2v) is 15.4. The minimum absolute atomic E-state index is 0.0342. The molecule has 5 N–H and O–H groups in total. The molecule has 0 saturated carbocycles. The van der Waals surface area contributed by atoms with Crippen molar-refractivity contribution in [2.24, 2.45) is 0 Å². The summed E-state index contributed by atoms with van der Waals surface area (Å²) in [5, 5.41) is 17.0. The van der Waals surface area contributed by atoms with E-state index in [-0.39, 0.29) is 11.1 Å². The van der Waals surface area contributed by atoms with Crippen molar-refractivity contribution in [2.75, 3.05) is 10.6 Å². The Morgan fingerprint density at radius 1 is 0.600 bits per heavy atom. The lowest BCUT2D eigenvalue weighted by atomic mass is 9.84. The molecular weight excluding hydrogens is 677 g/mol. The topological polar surface area (TPSA) is 170 Å². The lowest BCUT2D eigenvalue weighted by molar-refractivity contribution is 0.0697. The van der Waals surface area contributed by atoms with E-state index in [1.54, 1.807) is 36.4 Å². The molecule has 1 unspecified atom stereocenters. The first kappa shape index (κ1) is 36.3. The van der Waals surface area contributed by atoms with E-state index in [0.717, 1.165) is 56.5 Å². The maximum Gasteiger partial charge on any atom is 0.337 e. The molecule has 5 rings (SSSR count). The Bertz CT molecular complexity index is 2320. The van der Waals surface area contributed by atoms with Crippen LogP contribution in [-0.4, -0.2) is 37.0 Å². The number of carboxylic acid groups (broad SMARTS) is 1. The molecule has 0 aliphatic heterocycles. The van der Waals surface area contributed by atoms with E-state index in [4.69, 9.17) is 0 Å². The molecule has 1 atom stereocenters. The Balaban J connectivity index is 1.69. The number of carbonyl (C=O) groups is 1. The molecule has 50 heavy (non-hydrogen) atoms. The third-order valence-corrected chi connectivity index (χ3v) is 10.4. The predicted octanol–water partition coefficient (Wildman–Crippen LogP) is 8.40. The van der Waals surface area contributed by atoms with Crippen LogP contribution in [0.25, 0.3) is 0 Å². The van der Waals surface area contributed by atoms with Gasteiger partial charge in [-0.15, -0.1) is 0 Å². The van der Waals surface area contributed by atoms with Crippen LogP contribution in [0.4, 0.5) is 22.7 Å². The molecule has 0 radical (unpaired) electrons. The Morgan fingerprint density at radius 3 is 1.58 bits per heavy atom. The number of nitrogens with one attached hydrogen (secondary N) is 2. The van der Waals surface area contributed by atoms with Gasteiger partial charge in [0.15, 0.2) is 0 Å². The molecule has 0 fully saturated rings. The van der Waals surface area contributed by atoms with Gasteiger partial charge in [0.2, 0.25) is 0 Å². The zero-order valence-corrected chi connectivity index (χ0v) is 30.0. The number of benzene rings is 5. The summed E-state index contributed by atoms with van der Waals surface area (Å²) in [6.45, 7) is 11.8. The quantitative estimate of drug-likeness (QED) is 0.0699. The van der Waals surface area contributed by atoms with Gasteiger partial charge in [0.25, 0.3) is 20.2 Å². The van der Waals surface area contributed by atoms with Gasteiger partial charge in [-0.05, 0) is 117 Å². The Hall–Kier alpha value is -5.01. The van der Waals surface area contributed by atoms with Gasteiger partial charge in [-0.2, -0.15) is 16.8 Å². The second kappa shape index (κ2) is 13.7. The van der Waals surface area contributed by atoms with Crippen LogP contribution in [0.1, 0.15) is 66.3 Å². The van der Waals surface area contributed by atoms with Gasteiger partial charge in [0.05, 0.1) is 21.0 Å². The first-order valence-corrected chi connectivity index (χ1v) is 18.5. The van der Waals surface area contributed by atoms with Gasteiger partial charge >= 0.3 is 5.97 Å². The van der Waals surface area contributed by atoms with Crippen molar-refractivity contribution >= 4 is 49.0 Å². The lowest BCUT2D eigenvalue weighted by Gasteiger charge is -2.23. The minimum atomic E-state index is -5.04. The number of rotatable bonds is 10. The Labute approximate surface area is 292 Å². The molecule has 0 amide bonds. The summed E-state index contributed by atoms with van der Waals surface area (Å²) in [5.74, 6) is -2.25. The van der Waals surface area contributed by atoms with Crippen molar-refractivity contribution in [3.63, 3.8) is 0 Å². The van der Waals surface area contributed by atoms with Gasteiger partial charge < -0.3 is 15.7 Å². The zero-order valence-electron chi connectivity index (χ0n) is 28.4. The summed E-state index contributed by atoms with van der Waals surface area (Å²) in [7, 11) is -9.88. The van der Waals surface area contributed by atoms with E-state index in [1.165, 1.54) is 12.1 Å². The smallest absolute Gasteiger partial charge is 0.337 e. The van der Waals surface area contributed by atoms with Crippen molar-refractivity contribution in [1.29, 1.82) is 0 Å². The molecule has 5 aromatic carbocycles. The molecule has 0 aliphatic carbocycles. The second-order valence-electron chi connectivity index (χ2n) is 12.6. The van der Waals surface area contributed by atoms with Crippen LogP contribution >= 0.6 is 0 Å². The summed E-state index contributed by atoms with van der Waals surface area (Å²) < 4.78 is 69.3. The van der Waals surface area contributed by atoms with Gasteiger partial charge in [-0.1, -0.05) is 59.7 Å². The average Bonchev–Trinajstić information content (AvgIpc) is 3.01. The van der Waals surface area contributed by atoms with Gasteiger partial charge in [0, 0.05) is 23.0 Å². The molecule has 10 nitrogen and oxygen atoms in total. The van der Waals surface area contributed by atoms with Crippen LogP contribution < -0.4 is 10.6 Å². The van der Waals surface area contributed by atoms with E-state index in [0.29, 0.717) is 22.9 Å². The molecule has 12 heteroatoms. The third-order valence-electron chi connectivity index (χ3n) is 8.61. The summed E-state index contributed by atoms with van der Waals surface area (Å²) >= 11 is 0. The molecule has 260 valence electrons. The summed E-state index contributed by atoms with van der Waals surface area (Å²) in [6, 6.07) is 22.7. The number of hydrogen-bond acceptors (Lipinski definition) is 7. The van der Waals surface area contributed by atoms with E-state index in [9.17, 15) is 35.8 Å². The van der Waals surface area contributed by atoms with Crippen LogP contribution in [0.15, 0.2) is 94.7 Å². The van der Waals surface area contributed by atoms with Crippen molar-refractivity contribution in [3.8, 4) is 0 Å². The molecule has 0 spiro atoms. The van der Waals surface area contributed by atoms with Gasteiger partial charge in [0.1, 0.15) is 0 Å². The SMILES string of the molecule is Cc1cc(C)c(Nc2ccc(C(c3ccc(Nc4c(C)cc(C)cc4C)c(C(=O)O)c3)c3ccc(S(=O)(=O)O)cc3S(=O)(=O)O)cc2)c(C)c1. The summed E-state index contributed by atoms with van der Waals surface area (Å²) in [5.41, 5.74) is 9.56. The Morgan fingerprint density at radius 2 is 1.10 bits per heavy atom. The largest absolute Gasteiger partial charge is 0.478 e. The molecule has 0 heterocycles. The summed E-state index contributed by atoms with van der Waals surface area (Å²) in [4.78, 5) is 11.2. The fourth-order valence-electron chi connectivity index (χ4n) is 6.51. The predicted molar refractivity (Wildman–Crippen MR) is 195 cm³/mol. The zero-order chi connectivity index (χ0) is 36.7. The fourth-order valence-corrected chi connectivity index (χ4v) is 7.85. The van der Waals surface area contributed by atoms with Crippen LogP contribution in [0.5, 0.6) is 0 Å².